The molecule has 0 aromatic carbocycles. The molecule has 0 fully saturated rings. The molecule has 1 N–H and O–H groups in total. The van der Waals surface area contributed by atoms with E-state index in [1.807, 2.05) is 18.4 Å². The highest BCUT2D eigenvalue weighted by molar-refractivity contribution is 7.11. The summed E-state index contributed by atoms with van der Waals surface area (Å²) in [6.07, 6.45) is 1.98. The monoisotopic (exact) mass is 375 g/mol. The molecule has 2 rings (SSSR count). The van der Waals surface area contributed by atoms with Crippen molar-refractivity contribution in [2.45, 2.75) is 33.8 Å². The number of ether oxygens (including phenoxy) is 2. The van der Waals surface area contributed by atoms with E-state index in [0.717, 1.165) is 10.4 Å². The van der Waals surface area contributed by atoms with Crippen LogP contribution >= 0.6 is 11.3 Å². The Kier molecular flexibility index (Phi) is 6.15. The molecule has 2 heterocycles. The molecule has 0 aliphatic heterocycles. The number of nitrogens with one attached hydrogen (secondary N) is 1. The topological polar surface area (TPSA) is 85.5 Å². The molecule has 2 aromatic rings. The zero-order valence-corrected chi connectivity index (χ0v) is 16.2. The van der Waals surface area contributed by atoms with E-state index in [1.165, 1.54) is 31.4 Å². The van der Waals surface area contributed by atoms with Gasteiger partial charge in [0.15, 0.2) is 6.10 Å². The maximum atomic E-state index is 12.6. The number of thiophene rings is 1. The van der Waals surface area contributed by atoms with Crippen molar-refractivity contribution in [2.75, 3.05) is 7.11 Å². The number of aromatic nitrogens is 1. The molecule has 0 saturated carbocycles. The average Bonchev–Trinajstić information content (AvgIpc) is 3.14. The molecule has 7 heteroatoms. The third-order valence-electron chi connectivity index (χ3n) is 4.01. The number of carbonyl (C=O) groups excluding carboxylic acids is 3. The first-order valence-corrected chi connectivity index (χ1v) is 8.88. The van der Waals surface area contributed by atoms with Gasteiger partial charge in [0.1, 0.15) is 0 Å². The molecule has 1 atom stereocenters. The highest BCUT2D eigenvalue weighted by Crippen LogP contribution is 2.21. The van der Waals surface area contributed by atoms with Crippen molar-refractivity contribution in [1.29, 1.82) is 0 Å². The van der Waals surface area contributed by atoms with Crippen molar-refractivity contribution >= 4 is 35.1 Å². The van der Waals surface area contributed by atoms with Crippen LogP contribution in [0.1, 0.15) is 49.5 Å². The standard InChI is InChI=1S/C19H21NO5S/c1-10-8-9-26-14(10)6-7-15(21)25-13(4)18(22)17-11(2)16(12(3)20-17)19(23)24-5/h6-9,13,20H,1-5H3/b7-6+/t13-/m0/s1. The van der Waals surface area contributed by atoms with Crippen molar-refractivity contribution in [3.05, 3.63) is 50.5 Å². The molecule has 0 bridgehead atoms. The van der Waals surface area contributed by atoms with Crippen LogP contribution in [0.25, 0.3) is 6.08 Å². The first kappa shape index (κ1) is 19.7. The highest BCUT2D eigenvalue weighted by Gasteiger charge is 2.26. The fraction of sp³-hybridized carbons (Fsp3) is 0.316. The van der Waals surface area contributed by atoms with Gasteiger partial charge in [-0.2, -0.15) is 0 Å². The quantitative estimate of drug-likeness (QED) is 0.473. The number of H-pyrrole nitrogens is 1. The fourth-order valence-corrected chi connectivity index (χ4v) is 3.39. The van der Waals surface area contributed by atoms with Crippen molar-refractivity contribution in [3.63, 3.8) is 0 Å². The van der Waals surface area contributed by atoms with E-state index in [1.54, 1.807) is 19.9 Å². The Morgan fingerprint density at radius 2 is 1.92 bits per heavy atom. The number of hydrogen-bond acceptors (Lipinski definition) is 6. The van der Waals surface area contributed by atoms with Crippen LogP contribution in [0.15, 0.2) is 17.5 Å². The second-order valence-corrected chi connectivity index (χ2v) is 6.81. The summed E-state index contributed by atoms with van der Waals surface area (Å²) in [5, 5.41) is 1.93. The van der Waals surface area contributed by atoms with Gasteiger partial charge in [0.05, 0.1) is 18.4 Å². The Hall–Kier alpha value is -2.67. The van der Waals surface area contributed by atoms with Crippen LogP contribution in [0.3, 0.4) is 0 Å². The smallest absolute Gasteiger partial charge is 0.339 e. The molecule has 0 aliphatic rings. The van der Waals surface area contributed by atoms with Crippen LogP contribution in [0.4, 0.5) is 0 Å². The van der Waals surface area contributed by atoms with Gasteiger partial charge in [0.2, 0.25) is 5.78 Å². The summed E-state index contributed by atoms with van der Waals surface area (Å²) in [6, 6.07) is 1.96. The fourth-order valence-electron chi connectivity index (χ4n) is 2.57. The lowest BCUT2D eigenvalue weighted by Gasteiger charge is -2.10. The zero-order chi connectivity index (χ0) is 19.4. The first-order valence-electron chi connectivity index (χ1n) is 8.00. The zero-order valence-electron chi connectivity index (χ0n) is 15.3. The number of aromatic amines is 1. The summed E-state index contributed by atoms with van der Waals surface area (Å²) in [4.78, 5) is 40.2. The number of methoxy groups -OCH3 is 1. The van der Waals surface area contributed by atoms with Crippen LogP contribution in [-0.2, 0) is 14.3 Å². The molecule has 2 aromatic heterocycles. The van der Waals surface area contributed by atoms with Crippen molar-refractivity contribution in [2.24, 2.45) is 0 Å². The van der Waals surface area contributed by atoms with Gasteiger partial charge in [-0.15, -0.1) is 11.3 Å². The van der Waals surface area contributed by atoms with E-state index >= 15 is 0 Å². The normalized spacial score (nSPS) is 12.2. The number of esters is 2. The van der Waals surface area contributed by atoms with Crippen LogP contribution in [0, 0.1) is 20.8 Å². The summed E-state index contributed by atoms with van der Waals surface area (Å²) < 4.78 is 9.92. The second kappa shape index (κ2) is 8.14. The number of aryl methyl sites for hydroxylation is 2. The predicted molar refractivity (Wildman–Crippen MR) is 99.6 cm³/mol. The number of rotatable bonds is 6. The summed E-state index contributed by atoms with van der Waals surface area (Å²) in [6.45, 7) is 6.77. The van der Waals surface area contributed by atoms with Gasteiger partial charge in [-0.05, 0) is 56.3 Å². The van der Waals surface area contributed by atoms with Gasteiger partial charge < -0.3 is 14.5 Å². The number of Topliss-reactive ketones (excluding diaryl/α,β-unsaturated/α-hetero) is 1. The lowest BCUT2D eigenvalue weighted by atomic mass is 10.1. The van der Waals surface area contributed by atoms with Gasteiger partial charge in [-0.1, -0.05) is 0 Å². The molecule has 0 aliphatic carbocycles. The van der Waals surface area contributed by atoms with E-state index in [-0.39, 0.29) is 5.69 Å². The minimum atomic E-state index is -0.987. The Balaban J connectivity index is 2.10. The summed E-state index contributed by atoms with van der Waals surface area (Å²) in [5.74, 6) is -1.53. The van der Waals surface area contributed by atoms with E-state index in [9.17, 15) is 14.4 Å². The number of carbonyl (C=O) groups is 3. The van der Waals surface area contributed by atoms with E-state index in [4.69, 9.17) is 9.47 Å². The minimum absolute atomic E-state index is 0.237. The Bertz CT molecular complexity index is 875. The first-order chi connectivity index (χ1) is 12.3. The number of ketones is 1. The molecule has 0 unspecified atom stereocenters. The third-order valence-corrected chi connectivity index (χ3v) is 4.99. The molecule has 6 nitrogen and oxygen atoms in total. The SMILES string of the molecule is COC(=O)c1c(C)[nH]c(C(=O)[C@H](C)OC(=O)/C=C/c2sccc2C)c1C. The van der Waals surface area contributed by atoms with Crippen LogP contribution in [-0.4, -0.2) is 35.9 Å². The lowest BCUT2D eigenvalue weighted by Crippen LogP contribution is -2.24. The van der Waals surface area contributed by atoms with Crippen molar-refractivity contribution in [3.8, 4) is 0 Å². The highest BCUT2D eigenvalue weighted by atomic mass is 32.1. The van der Waals surface area contributed by atoms with Gasteiger partial charge in [-0.3, -0.25) is 4.79 Å². The minimum Gasteiger partial charge on any atom is -0.465 e. The van der Waals surface area contributed by atoms with Crippen LogP contribution in [0.2, 0.25) is 0 Å². The van der Waals surface area contributed by atoms with Crippen molar-refractivity contribution in [1.82, 2.24) is 4.98 Å². The molecular formula is C19H21NO5S. The van der Waals surface area contributed by atoms with Gasteiger partial charge >= 0.3 is 11.9 Å². The maximum absolute atomic E-state index is 12.6. The van der Waals surface area contributed by atoms with E-state index in [0.29, 0.717) is 16.8 Å². The molecule has 0 radical (unpaired) electrons. The Morgan fingerprint density at radius 3 is 2.50 bits per heavy atom. The van der Waals surface area contributed by atoms with Gasteiger partial charge in [0.25, 0.3) is 0 Å². The maximum Gasteiger partial charge on any atom is 0.339 e. The molecule has 0 amide bonds. The molecule has 26 heavy (non-hydrogen) atoms. The van der Waals surface area contributed by atoms with Gasteiger partial charge in [0, 0.05) is 16.6 Å². The summed E-state index contributed by atoms with van der Waals surface area (Å²) >= 11 is 1.51. The van der Waals surface area contributed by atoms with Crippen molar-refractivity contribution < 1.29 is 23.9 Å². The summed E-state index contributed by atoms with van der Waals surface area (Å²) in [7, 11) is 1.28. The van der Waals surface area contributed by atoms with E-state index in [2.05, 4.69) is 4.98 Å². The third kappa shape index (κ3) is 4.11. The molecular weight excluding hydrogens is 354 g/mol. The molecule has 0 spiro atoms. The Labute approximate surface area is 155 Å². The summed E-state index contributed by atoms with van der Waals surface area (Å²) in [5.41, 5.74) is 2.64. The Morgan fingerprint density at radius 1 is 1.23 bits per heavy atom. The van der Waals surface area contributed by atoms with Crippen LogP contribution < -0.4 is 0 Å². The van der Waals surface area contributed by atoms with E-state index < -0.39 is 23.8 Å². The van der Waals surface area contributed by atoms with Crippen LogP contribution in [0.5, 0.6) is 0 Å². The largest absolute Gasteiger partial charge is 0.465 e. The second-order valence-electron chi connectivity index (χ2n) is 5.86. The molecule has 0 saturated heterocycles. The van der Waals surface area contributed by atoms with Gasteiger partial charge in [-0.25, -0.2) is 9.59 Å². The average molecular weight is 375 g/mol. The predicted octanol–water partition coefficient (Wildman–Crippen LogP) is 3.62. The lowest BCUT2D eigenvalue weighted by molar-refractivity contribution is -0.140. The molecule has 138 valence electrons. The number of hydrogen-bond donors (Lipinski definition) is 1.